The van der Waals surface area contributed by atoms with Gasteiger partial charge in [0.15, 0.2) is 0 Å². The highest BCUT2D eigenvalue weighted by atomic mass is 79.9. The molecule has 0 aromatic carbocycles. The molecule has 0 aromatic rings. The van der Waals surface area contributed by atoms with E-state index in [0.717, 1.165) is 81.0 Å². The van der Waals surface area contributed by atoms with Crippen LogP contribution < -0.4 is 0 Å². The lowest BCUT2D eigenvalue weighted by atomic mass is 9.48. The highest BCUT2D eigenvalue weighted by molar-refractivity contribution is 9.09. The van der Waals surface area contributed by atoms with E-state index in [4.69, 9.17) is 0 Å². The molecule has 7 nitrogen and oxygen atoms in total. The topological polar surface area (TPSA) is 132 Å². The second-order valence-electron chi connectivity index (χ2n) is 30.3. The standard InChI is InChI=1S/C22H33BrO2.C22H34O3.C22H34O2/c2*1-13(12-23)18-4-5-19-16-10-20(24)17-11-21(2,25)8-6-15(17)14(16)7-9-22(18,19)3;1-13(2)18-5-6-19-16-11-20(23)17-12-21(3,24)9-7-15(17)14(16)8-10-22(18,19)4/h14-19,25H,1,4-12H2,2-3H3;14-19,23,25H,1,4-12H2,2-3H3;14-19,24H,1,5-12H2,2-4H3/t3*14-,15-,16-,17-,18-,19+,21-,22-/m111/s1. The molecule has 0 amide bonds. The van der Waals surface area contributed by atoms with E-state index in [0.29, 0.717) is 130 Å². The fraction of sp³-hybridized carbons (Fsp3) is 0.864. The van der Waals surface area contributed by atoms with Crippen molar-refractivity contribution in [3.63, 3.8) is 0 Å². The molecule has 12 aliphatic rings. The van der Waals surface area contributed by atoms with Gasteiger partial charge in [0.25, 0.3) is 0 Å². The van der Waals surface area contributed by atoms with Gasteiger partial charge in [0.1, 0.15) is 17.3 Å². The number of ketones is 3. The number of fused-ring (bicyclic) bond motifs is 15. The summed E-state index contributed by atoms with van der Waals surface area (Å²) >= 11 is 3.62. The zero-order valence-corrected chi connectivity index (χ0v) is 48.9. The third kappa shape index (κ3) is 9.60. The average Bonchev–Trinajstić information content (AvgIpc) is 4.01. The number of Topliss-reactive ketones (excluding diaryl/α,β-unsaturated/α-hetero) is 3. The van der Waals surface area contributed by atoms with Crippen molar-refractivity contribution in [2.45, 2.75) is 219 Å². The average molecular weight is 1090 g/mol. The second kappa shape index (κ2) is 20.3. The van der Waals surface area contributed by atoms with Gasteiger partial charge in [-0.15, -0.1) is 0 Å². The maximum atomic E-state index is 13.0. The van der Waals surface area contributed by atoms with Crippen LogP contribution in [0.4, 0.5) is 0 Å². The first kappa shape index (κ1) is 55.8. The Kier molecular flexibility index (Phi) is 15.3. The quantitative estimate of drug-likeness (QED) is 0.159. The van der Waals surface area contributed by atoms with Gasteiger partial charge in [-0.3, -0.25) is 14.4 Å². The summed E-state index contributed by atoms with van der Waals surface area (Å²) in [5.74, 6) is 10.8. The van der Waals surface area contributed by atoms with E-state index < -0.39 is 16.8 Å². The van der Waals surface area contributed by atoms with E-state index in [1.165, 1.54) is 81.8 Å². The summed E-state index contributed by atoms with van der Waals surface area (Å²) in [5, 5.41) is 41.9. The number of hydrogen-bond acceptors (Lipinski definition) is 7. The van der Waals surface area contributed by atoms with Crippen LogP contribution >= 0.6 is 15.9 Å². The van der Waals surface area contributed by atoms with Crippen LogP contribution in [0.2, 0.25) is 0 Å². The van der Waals surface area contributed by atoms with Crippen LogP contribution in [0.3, 0.4) is 0 Å². The molecule has 0 radical (unpaired) electrons. The van der Waals surface area contributed by atoms with Gasteiger partial charge in [-0.25, -0.2) is 0 Å². The number of allylic oxidation sites excluding steroid dienone is 2. The molecule has 8 heteroatoms. The number of aliphatic hydroxyl groups is 4. The third-order valence-corrected chi connectivity index (χ3v) is 26.9. The largest absolute Gasteiger partial charge is 0.392 e. The molecule has 0 spiro atoms. The van der Waals surface area contributed by atoms with E-state index in [1.807, 2.05) is 20.8 Å². The molecule has 4 N–H and O–H groups in total. The Morgan fingerprint density at radius 3 is 1.05 bits per heavy atom. The lowest BCUT2D eigenvalue weighted by Crippen LogP contribution is -2.53. The van der Waals surface area contributed by atoms with Gasteiger partial charge in [0.05, 0.1) is 23.4 Å². The first-order chi connectivity index (χ1) is 34.8. The van der Waals surface area contributed by atoms with Crippen LogP contribution in [0, 0.1) is 123 Å². The van der Waals surface area contributed by atoms with Crippen molar-refractivity contribution in [3.05, 3.63) is 36.5 Å². The fourth-order valence-corrected chi connectivity index (χ4v) is 23.1. The van der Waals surface area contributed by atoms with E-state index in [2.05, 4.69) is 63.4 Å². The number of halogens is 1. The van der Waals surface area contributed by atoms with Crippen LogP contribution in [0.25, 0.3) is 0 Å². The molecule has 414 valence electrons. The minimum Gasteiger partial charge on any atom is -0.392 e. The van der Waals surface area contributed by atoms with Gasteiger partial charge < -0.3 is 20.4 Å². The zero-order valence-electron chi connectivity index (χ0n) is 47.3. The Labute approximate surface area is 456 Å². The number of carbonyl (C=O) groups excluding carboxylic acids is 3. The summed E-state index contributed by atoms with van der Waals surface area (Å²) in [7, 11) is 0. The molecule has 74 heavy (non-hydrogen) atoms. The van der Waals surface area contributed by atoms with Crippen LogP contribution in [-0.4, -0.2) is 66.5 Å². The number of alkyl halides is 1. The van der Waals surface area contributed by atoms with Crippen LogP contribution in [0.5, 0.6) is 0 Å². The van der Waals surface area contributed by atoms with E-state index in [9.17, 15) is 34.8 Å². The van der Waals surface area contributed by atoms with Gasteiger partial charge in [0.2, 0.25) is 0 Å². The van der Waals surface area contributed by atoms with Crippen LogP contribution in [0.15, 0.2) is 36.5 Å². The summed E-state index contributed by atoms with van der Waals surface area (Å²) in [4.78, 5) is 38.9. The maximum Gasteiger partial charge on any atom is 0.136 e. The Morgan fingerprint density at radius 1 is 0.446 bits per heavy atom. The molecule has 0 aliphatic heterocycles. The molecule has 0 aromatic heterocycles. The highest BCUT2D eigenvalue weighted by Crippen LogP contribution is 2.68. The Morgan fingerprint density at radius 2 is 0.743 bits per heavy atom. The van der Waals surface area contributed by atoms with Crippen molar-refractivity contribution in [1.29, 1.82) is 0 Å². The number of rotatable bonds is 5. The molecule has 12 saturated carbocycles. The number of carbonyl (C=O) groups is 3. The van der Waals surface area contributed by atoms with Crippen molar-refractivity contribution in [2.24, 2.45) is 123 Å². The molecule has 12 aliphatic carbocycles. The van der Waals surface area contributed by atoms with Crippen molar-refractivity contribution >= 4 is 33.3 Å². The summed E-state index contributed by atoms with van der Waals surface area (Å²) in [5.41, 5.74) is 2.75. The van der Waals surface area contributed by atoms with Gasteiger partial charge in [-0.05, 0) is 273 Å². The number of hydrogen-bond donors (Lipinski definition) is 4. The number of aliphatic hydroxyl groups excluding tert-OH is 1. The molecule has 12 fully saturated rings. The molecule has 12 rings (SSSR count). The minimum absolute atomic E-state index is 0.0963. The molecule has 0 saturated heterocycles. The van der Waals surface area contributed by atoms with Gasteiger partial charge in [0, 0.05) is 42.3 Å². The summed E-state index contributed by atoms with van der Waals surface area (Å²) in [6, 6.07) is 0. The van der Waals surface area contributed by atoms with E-state index in [1.54, 1.807) is 0 Å². The first-order valence-electron chi connectivity index (χ1n) is 30.7. The van der Waals surface area contributed by atoms with Crippen molar-refractivity contribution in [1.82, 2.24) is 0 Å². The predicted octanol–water partition coefficient (Wildman–Crippen LogP) is 13.6. The molecular weight excluding hydrogens is 985 g/mol. The highest BCUT2D eigenvalue weighted by Gasteiger charge is 2.63. The second-order valence-corrected chi connectivity index (χ2v) is 30.9. The lowest BCUT2D eigenvalue weighted by molar-refractivity contribution is -0.149. The van der Waals surface area contributed by atoms with Crippen LogP contribution in [0.1, 0.15) is 203 Å². The van der Waals surface area contributed by atoms with Crippen molar-refractivity contribution in [2.75, 3.05) is 11.9 Å². The maximum absolute atomic E-state index is 13.0. The van der Waals surface area contributed by atoms with Crippen LogP contribution in [-0.2, 0) is 14.4 Å². The zero-order chi connectivity index (χ0) is 53.2. The van der Waals surface area contributed by atoms with E-state index in [-0.39, 0.29) is 29.8 Å². The Balaban J connectivity index is 0.000000127. The SMILES string of the molecule is C=C(C)[C@H]1CC[C@H]2[C@@H]3CC(=O)[C@@H]4C[C@](C)(O)CC[C@@H]4[C@H]3CC[C@]12C.C=C(CBr)[C@H]1CC[C@H]2[C@@H]3CC(=O)[C@@H]4C[C@](C)(O)CC[C@@H]4[C@H]3CC[C@]12C.C=C(CO)[C@H]1CC[C@H]2[C@@H]3CC(=O)[C@@H]4C[C@](C)(O)CC[C@@H]4[C@H]3CC[C@]12C. The predicted molar refractivity (Wildman–Crippen MR) is 299 cm³/mol. The molecule has 0 heterocycles. The fourth-order valence-electron chi connectivity index (χ4n) is 22.7. The smallest absolute Gasteiger partial charge is 0.136 e. The monoisotopic (exact) mass is 1080 g/mol. The summed E-state index contributed by atoms with van der Waals surface area (Å²) in [6.45, 7) is 28.2. The third-order valence-electron chi connectivity index (χ3n) is 26.2. The van der Waals surface area contributed by atoms with Gasteiger partial charge >= 0.3 is 0 Å². The molecule has 24 atom stereocenters. The molecular formula is C66H101BrO7. The summed E-state index contributed by atoms with van der Waals surface area (Å²) in [6.07, 6.45) is 25.1. The van der Waals surface area contributed by atoms with Crippen molar-refractivity contribution in [3.8, 4) is 0 Å². The normalized spacial score (nSPS) is 52.8. The van der Waals surface area contributed by atoms with E-state index >= 15 is 0 Å². The van der Waals surface area contributed by atoms with Gasteiger partial charge in [-0.1, -0.05) is 67.6 Å². The Hall–Kier alpha value is -1.45. The van der Waals surface area contributed by atoms with Crippen molar-refractivity contribution < 1.29 is 34.8 Å². The Bertz CT molecular complexity index is 2110. The lowest BCUT2D eigenvalue weighted by Gasteiger charge is -2.56. The molecule has 0 unspecified atom stereocenters. The van der Waals surface area contributed by atoms with Gasteiger partial charge in [-0.2, -0.15) is 0 Å². The first-order valence-corrected chi connectivity index (χ1v) is 31.8. The minimum atomic E-state index is -0.649. The molecule has 0 bridgehead atoms. The summed E-state index contributed by atoms with van der Waals surface area (Å²) < 4.78 is 0.